The van der Waals surface area contributed by atoms with Crippen molar-refractivity contribution < 1.29 is 27.7 Å². The Morgan fingerprint density at radius 2 is 1.39 bits per heavy atom. The van der Waals surface area contributed by atoms with Crippen molar-refractivity contribution in [1.82, 2.24) is 5.06 Å². The van der Waals surface area contributed by atoms with Crippen LogP contribution in [0.2, 0.25) is 0 Å². The maximum Gasteiger partial charge on any atom is 0.268 e. The number of nitrogens with zero attached hydrogens (tertiary/aromatic N) is 2. The second kappa shape index (κ2) is 16.4. The Hall–Kier alpha value is -0.0500. The molecule has 0 amide bonds. The van der Waals surface area contributed by atoms with Gasteiger partial charge in [-0.3, -0.25) is 4.57 Å². The van der Waals surface area contributed by atoms with Gasteiger partial charge in [0.05, 0.1) is 46.5 Å². The molecule has 0 N–H and O–H groups in total. The highest BCUT2D eigenvalue weighted by molar-refractivity contribution is 7.45. The average molecular weight is 562 g/mol. The molecule has 0 aromatic carbocycles. The van der Waals surface area contributed by atoms with Crippen LogP contribution in [0.1, 0.15) is 130 Å². The molecule has 0 spiro atoms. The van der Waals surface area contributed by atoms with E-state index in [1.54, 1.807) is 0 Å². The van der Waals surface area contributed by atoms with Crippen LogP contribution in [0.3, 0.4) is 0 Å². The Balaban J connectivity index is 1.54. The van der Waals surface area contributed by atoms with Gasteiger partial charge in [-0.25, -0.2) is 0 Å². The van der Waals surface area contributed by atoms with Crippen LogP contribution in [0.25, 0.3) is 0 Å². The van der Waals surface area contributed by atoms with E-state index >= 15 is 0 Å². The average Bonchev–Trinajstić information content (AvgIpc) is 3.08. The van der Waals surface area contributed by atoms with Crippen molar-refractivity contribution in [3.63, 3.8) is 0 Å². The van der Waals surface area contributed by atoms with Crippen molar-refractivity contribution in [2.45, 2.75) is 147 Å². The number of rotatable bonds is 20. The Morgan fingerprint density at radius 1 is 0.895 bits per heavy atom. The maximum absolute atomic E-state index is 13.1. The summed E-state index contributed by atoms with van der Waals surface area (Å²) in [7, 11) is 0.0905. The Morgan fingerprint density at radius 3 is 1.89 bits per heavy atom. The quantitative estimate of drug-likeness (QED) is 0.0906. The molecule has 0 radical (unpaired) electrons. The van der Waals surface area contributed by atoms with Gasteiger partial charge in [0.2, 0.25) is 0 Å². The van der Waals surface area contributed by atoms with Crippen molar-refractivity contribution >= 4 is 7.82 Å². The largest absolute Gasteiger partial charge is 0.783 e. The van der Waals surface area contributed by atoms with Crippen molar-refractivity contribution in [2.75, 3.05) is 40.4 Å². The maximum atomic E-state index is 13.1. The number of hydrogen-bond donors (Lipinski definition) is 0. The van der Waals surface area contributed by atoms with Crippen LogP contribution in [0, 0.1) is 5.21 Å². The lowest BCUT2D eigenvalue weighted by Gasteiger charge is -2.48. The molecule has 2 aliphatic heterocycles. The van der Waals surface area contributed by atoms with Gasteiger partial charge in [-0.1, -0.05) is 71.1 Å². The first-order valence-electron chi connectivity index (χ1n) is 15.5. The van der Waals surface area contributed by atoms with E-state index in [1.807, 2.05) is 13.8 Å². The summed E-state index contributed by atoms with van der Waals surface area (Å²) >= 11 is 0. The Kier molecular flexibility index (Phi) is 14.7. The summed E-state index contributed by atoms with van der Waals surface area (Å²) in [6, 6.07) is 0. The smallest absolute Gasteiger partial charge is 0.268 e. The molecular weight excluding hydrogens is 503 g/mol. The molecule has 0 aromatic rings. The molecule has 2 heterocycles. The Labute approximate surface area is 233 Å². The van der Waals surface area contributed by atoms with Gasteiger partial charge in [0.1, 0.15) is 5.72 Å². The van der Waals surface area contributed by atoms with Gasteiger partial charge >= 0.3 is 0 Å². The van der Waals surface area contributed by atoms with Crippen LogP contribution in [-0.4, -0.2) is 67.3 Å². The lowest BCUT2D eigenvalue weighted by molar-refractivity contribution is -0.896. The molecule has 0 bridgehead atoms. The van der Waals surface area contributed by atoms with E-state index in [2.05, 4.69) is 21.0 Å². The van der Waals surface area contributed by atoms with Gasteiger partial charge in [-0.05, 0) is 46.0 Å². The molecule has 2 saturated heterocycles. The zero-order chi connectivity index (χ0) is 28.1. The summed E-state index contributed by atoms with van der Waals surface area (Å²) < 4.78 is 29.6. The monoisotopic (exact) mass is 561 g/mol. The number of quaternary nitrogens is 1. The number of unbranched alkanes of at least 4 members (excludes halogenated alkanes) is 11. The molecule has 226 valence electrons. The number of phosphoric acid groups is 1. The van der Waals surface area contributed by atoms with Crippen molar-refractivity contribution in [3.8, 4) is 0 Å². The van der Waals surface area contributed by atoms with Crippen LogP contribution in [0.15, 0.2) is 0 Å². The van der Waals surface area contributed by atoms with Crippen LogP contribution in [0.4, 0.5) is 0 Å². The highest BCUT2D eigenvalue weighted by Gasteiger charge is 2.45. The molecule has 0 aliphatic carbocycles. The summed E-state index contributed by atoms with van der Waals surface area (Å²) in [5.74, 6) is 0. The SMILES string of the molecule is CCCCCCCCC1(CCCCCCCCCOP(=O)([O-])OC2CC[N+](C)(C)CC2)OCC(C)(C)N1[O-]. The first kappa shape index (κ1) is 34.2. The molecule has 2 fully saturated rings. The normalized spacial score (nSPS) is 25.6. The van der Waals surface area contributed by atoms with Crippen molar-refractivity contribution in [2.24, 2.45) is 0 Å². The fourth-order valence-corrected chi connectivity index (χ4v) is 6.75. The topological polar surface area (TPSA) is 94.1 Å². The van der Waals surface area contributed by atoms with Crippen LogP contribution in [-0.2, 0) is 18.3 Å². The summed E-state index contributed by atoms with van der Waals surface area (Å²) in [4.78, 5) is 12.1. The number of phosphoric ester groups is 1. The van der Waals surface area contributed by atoms with Gasteiger partial charge in [0.25, 0.3) is 7.82 Å². The minimum absolute atomic E-state index is 0.197. The summed E-state index contributed by atoms with van der Waals surface area (Å²) in [5.41, 5.74) is -1.09. The molecule has 8 nitrogen and oxygen atoms in total. The second-order valence-electron chi connectivity index (χ2n) is 13.1. The zero-order valence-corrected chi connectivity index (χ0v) is 26.1. The first-order valence-corrected chi connectivity index (χ1v) is 16.9. The summed E-state index contributed by atoms with van der Waals surface area (Å²) in [6.45, 7) is 8.75. The predicted molar refractivity (Wildman–Crippen MR) is 152 cm³/mol. The van der Waals surface area contributed by atoms with Gasteiger partial charge in [-0.15, -0.1) is 0 Å². The lowest BCUT2D eigenvalue weighted by atomic mass is 9.95. The van der Waals surface area contributed by atoms with E-state index in [-0.39, 0.29) is 12.7 Å². The molecule has 2 rings (SSSR count). The molecule has 38 heavy (non-hydrogen) atoms. The molecule has 2 atom stereocenters. The fourth-order valence-electron chi connectivity index (χ4n) is 5.76. The van der Waals surface area contributed by atoms with Gasteiger partial charge in [0.15, 0.2) is 0 Å². The fraction of sp³-hybridized carbons (Fsp3) is 1.00. The van der Waals surface area contributed by atoms with Crippen LogP contribution < -0.4 is 4.89 Å². The minimum atomic E-state index is -4.22. The third-order valence-corrected chi connectivity index (χ3v) is 9.44. The third kappa shape index (κ3) is 12.2. The molecule has 2 aliphatic rings. The lowest BCUT2D eigenvalue weighted by Crippen LogP contribution is -2.48. The Bertz CT molecular complexity index is 697. The van der Waals surface area contributed by atoms with E-state index in [4.69, 9.17) is 13.8 Å². The van der Waals surface area contributed by atoms with E-state index in [0.717, 1.165) is 94.6 Å². The molecule has 0 saturated carbocycles. The first-order chi connectivity index (χ1) is 17.9. The van der Waals surface area contributed by atoms with Gasteiger partial charge in [-0.2, -0.15) is 0 Å². The molecule has 2 unspecified atom stereocenters. The number of hydroxylamine groups is 2. The van der Waals surface area contributed by atoms with Crippen molar-refractivity contribution in [1.29, 1.82) is 0 Å². The predicted octanol–water partition coefficient (Wildman–Crippen LogP) is 6.90. The highest BCUT2D eigenvalue weighted by atomic mass is 31.2. The van der Waals surface area contributed by atoms with Gasteiger partial charge < -0.3 is 33.4 Å². The van der Waals surface area contributed by atoms with Crippen LogP contribution >= 0.6 is 7.82 Å². The molecular formula is C29H58N2O6P-. The number of likely N-dealkylation sites (tertiary alicyclic amines) is 1. The number of hydrogen-bond acceptors (Lipinski definition) is 7. The van der Waals surface area contributed by atoms with E-state index in [9.17, 15) is 14.7 Å². The van der Waals surface area contributed by atoms with Crippen LogP contribution in [0.5, 0.6) is 0 Å². The van der Waals surface area contributed by atoms with E-state index in [1.165, 1.54) is 37.2 Å². The molecule has 0 aromatic heterocycles. The van der Waals surface area contributed by atoms with Crippen molar-refractivity contribution in [3.05, 3.63) is 5.21 Å². The summed E-state index contributed by atoms with van der Waals surface area (Å²) in [5, 5.41) is 14.4. The van der Waals surface area contributed by atoms with E-state index in [0.29, 0.717) is 6.61 Å². The highest BCUT2D eigenvalue weighted by Crippen LogP contribution is 2.43. The van der Waals surface area contributed by atoms with Gasteiger partial charge in [0, 0.05) is 18.4 Å². The standard InChI is InChI=1S/C29H59N2O6P/c1-6-7-8-9-13-16-21-29(30(32)28(2,3)26-35-29)22-17-14-11-10-12-15-18-25-36-38(33,34)37-27-19-23-31(4,5)24-20-27/h27H,6-26H2,1-5H3,(H,33,34)/p-1. The minimum Gasteiger partial charge on any atom is -0.783 e. The zero-order valence-electron chi connectivity index (χ0n) is 25.2. The molecule has 9 heteroatoms. The second-order valence-corrected chi connectivity index (χ2v) is 14.4. The number of piperidine rings is 1. The third-order valence-electron chi connectivity index (χ3n) is 8.39. The van der Waals surface area contributed by atoms with E-state index < -0.39 is 19.1 Å². The summed E-state index contributed by atoms with van der Waals surface area (Å²) in [6.07, 6.45) is 17.2. The number of ether oxygens (including phenoxy) is 1.